The zero-order valence-electron chi connectivity index (χ0n) is 8.71. The van der Waals surface area contributed by atoms with Crippen molar-refractivity contribution >= 4 is 11.6 Å². The molecule has 0 bridgehead atoms. The summed E-state index contributed by atoms with van der Waals surface area (Å²) in [5, 5.41) is 4.19. The Hall–Kier alpha value is -1.55. The minimum atomic E-state index is 0.383. The Labute approximate surface area is 98.8 Å². The molecule has 0 spiro atoms. The van der Waals surface area contributed by atoms with Crippen LogP contribution in [0.5, 0.6) is 6.01 Å². The second kappa shape index (κ2) is 5.51. The van der Waals surface area contributed by atoms with Crippen molar-refractivity contribution in [3.63, 3.8) is 0 Å². The molecule has 0 N–H and O–H groups in total. The zero-order valence-corrected chi connectivity index (χ0v) is 9.47. The molecule has 0 unspecified atom stereocenters. The average molecular weight is 238 g/mol. The van der Waals surface area contributed by atoms with Gasteiger partial charge in [-0.2, -0.15) is 4.98 Å². The number of halogens is 1. The first-order chi connectivity index (χ1) is 7.90. The van der Waals surface area contributed by atoms with Crippen LogP contribution in [-0.2, 0) is 0 Å². The van der Waals surface area contributed by atoms with Crippen LogP contribution in [0.2, 0.25) is 0 Å². The summed E-state index contributed by atoms with van der Waals surface area (Å²) in [5.41, 5.74) is 0.960. The van der Waals surface area contributed by atoms with Gasteiger partial charge in [0.1, 0.15) is 6.33 Å². The number of alkyl halides is 1. The normalized spacial score (nSPS) is 10.3. The molecular formula is C11H12ClN3O. The molecule has 0 aliphatic carbocycles. The van der Waals surface area contributed by atoms with Crippen molar-refractivity contribution in [3.8, 4) is 11.7 Å². The first kappa shape index (κ1) is 11.0. The number of benzene rings is 1. The molecule has 5 heteroatoms. The first-order valence-electron chi connectivity index (χ1n) is 5.06. The molecule has 0 atom stereocenters. The highest BCUT2D eigenvalue weighted by Gasteiger charge is 2.02. The molecule has 16 heavy (non-hydrogen) atoms. The molecule has 1 aromatic carbocycles. The third kappa shape index (κ3) is 2.73. The Balaban J connectivity index is 2.02. The molecule has 2 rings (SSSR count). The van der Waals surface area contributed by atoms with Crippen molar-refractivity contribution in [2.45, 2.75) is 6.42 Å². The molecular weight excluding hydrogens is 226 g/mol. The van der Waals surface area contributed by atoms with Gasteiger partial charge in [-0.1, -0.05) is 18.2 Å². The second-order valence-corrected chi connectivity index (χ2v) is 3.58. The van der Waals surface area contributed by atoms with Gasteiger partial charge in [-0.3, -0.25) is 0 Å². The van der Waals surface area contributed by atoms with E-state index in [1.54, 1.807) is 11.0 Å². The predicted molar refractivity (Wildman–Crippen MR) is 62.2 cm³/mol. The van der Waals surface area contributed by atoms with E-state index in [0.29, 0.717) is 18.5 Å². The highest BCUT2D eigenvalue weighted by atomic mass is 35.5. The predicted octanol–water partition coefficient (Wildman–Crippen LogP) is 2.28. The number of para-hydroxylation sites is 1. The van der Waals surface area contributed by atoms with Gasteiger partial charge in [0.2, 0.25) is 0 Å². The molecule has 84 valence electrons. The van der Waals surface area contributed by atoms with E-state index in [9.17, 15) is 0 Å². The van der Waals surface area contributed by atoms with E-state index in [1.807, 2.05) is 30.3 Å². The van der Waals surface area contributed by atoms with Crippen LogP contribution in [0.25, 0.3) is 5.69 Å². The number of hydrogen-bond acceptors (Lipinski definition) is 3. The van der Waals surface area contributed by atoms with E-state index in [1.165, 1.54) is 0 Å². The van der Waals surface area contributed by atoms with Crippen LogP contribution in [0.1, 0.15) is 6.42 Å². The van der Waals surface area contributed by atoms with E-state index in [4.69, 9.17) is 16.3 Å². The van der Waals surface area contributed by atoms with Gasteiger partial charge in [-0.15, -0.1) is 16.7 Å². The quantitative estimate of drug-likeness (QED) is 0.592. The molecule has 0 aliphatic heterocycles. The summed E-state index contributed by atoms with van der Waals surface area (Å²) < 4.78 is 7.00. The van der Waals surface area contributed by atoms with E-state index in [2.05, 4.69) is 10.1 Å². The monoisotopic (exact) mass is 237 g/mol. The third-order valence-electron chi connectivity index (χ3n) is 2.00. The van der Waals surface area contributed by atoms with Crippen molar-refractivity contribution in [2.75, 3.05) is 12.5 Å². The summed E-state index contributed by atoms with van der Waals surface area (Å²) in [4.78, 5) is 4.05. The van der Waals surface area contributed by atoms with Gasteiger partial charge in [0.25, 0.3) is 0 Å². The zero-order chi connectivity index (χ0) is 11.2. The van der Waals surface area contributed by atoms with Gasteiger partial charge < -0.3 is 4.74 Å². The number of rotatable bonds is 5. The van der Waals surface area contributed by atoms with Crippen molar-refractivity contribution in [3.05, 3.63) is 36.7 Å². The maximum absolute atomic E-state index is 5.54. The number of hydrogen-bond donors (Lipinski definition) is 0. The lowest BCUT2D eigenvalue weighted by molar-refractivity contribution is 0.293. The lowest BCUT2D eigenvalue weighted by Crippen LogP contribution is -2.00. The molecule has 0 saturated carbocycles. The van der Waals surface area contributed by atoms with Crippen LogP contribution in [0.15, 0.2) is 36.7 Å². The minimum Gasteiger partial charge on any atom is -0.462 e. The van der Waals surface area contributed by atoms with Crippen molar-refractivity contribution in [1.82, 2.24) is 14.8 Å². The summed E-state index contributed by atoms with van der Waals surface area (Å²) in [7, 11) is 0. The maximum atomic E-state index is 5.54. The van der Waals surface area contributed by atoms with Crippen LogP contribution < -0.4 is 4.74 Å². The van der Waals surface area contributed by atoms with E-state index in [0.717, 1.165) is 12.1 Å². The van der Waals surface area contributed by atoms with E-state index >= 15 is 0 Å². The molecule has 1 aromatic heterocycles. The topological polar surface area (TPSA) is 39.9 Å². The molecule has 0 aliphatic rings. The molecule has 0 fully saturated rings. The molecule has 2 aromatic rings. The molecule has 0 amide bonds. The van der Waals surface area contributed by atoms with Gasteiger partial charge in [0.05, 0.1) is 12.3 Å². The minimum absolute atomic E-state index is 0.383. The first-order valence-corrected chi connectivity index (χ1v) is 5.59. The Kier molecular flexibility index (Phi) is 3.77. The van der Waals surface area contributed by atoms with E-state index in [-0.39, 0.29) is 0 Å². The molecule has 1 heterocycles. The number of nitrogens with zero attached hydrogens (tertiary/aromatic N) is 3. The maximum Gasteiger partial charge on any atom is 0.335 e. The number of aromatic nitrogens is 3. The van der Waals surface area contributed by atoms with Crippen LogP contribution in [0.3, 0.4) is 0 Å². The molecule has 0 radical (unpaired) electrons. The average Bonchev–Trinajstić information content (AvgIpc) is 2.79. The summed E-state index contributed by atoms with van der Waals surface area (Å²) in [6, 6.07) is 10.2. The number of ether oxygens (including phenoxy) is 1. The Morgan fingerprint density at radius 1 is 1.25 bits per heavy atom. The van der Waals surface area contributed by atoms with Gasteiger partial charge in [0.15, 0.2) is 0 Å². The Morgan fingerprint density at radius 3 is 2.81 bits per heavy atom. The molecule has 0 saturated heterocycles. The summed E-state index contributed by atoms with van der Waals surface area (Å²) in [5.74, 6) is 0.583. The fourth-order valence-electron chi connectivity index (χ4n) is 1.24. The van der Waals surface area contributed by atoms with Crippen molar-refractivity contribution < 1.29 is 4.74 Å². The molecule has 4 nitrogen and oxygen atoms in total. The summed E-state index contributed by atoms with van der Waals surface area (Å²) in [6.45, 7) is 0.544. The van der Waals surface area contributed by atoms with E-state index < -0.39 is 0 Å². The highest BCUT2D eigenvalue weighted by Crippen LogP contribution is 2.08. The van der Waals surface area contributed by atoms with Gasteiger partial charge in [-0.05, 0) is 18.6 Å². The smallest absolute Gasteiger partial charge is 0.335 e. The third-order valence-corrected chi connectivity index (χ3v) is 2.27. The van der Waals surface area contributed by atoms with Gasteiger partial charge in [-0.25, -0.2) is 4.68 Å². The lowest BCUT2D eigenvalue weighted by atomic mass is 10.3. The summed E-state index contributed by atoms with van der Waals surface area (Å²) in [6.07, 6.45) is 2.42. The summed E-state index contributed by atoms with van der Waals surface area (Å²) >= 11 is 5.54. The van der Waals surface area contributed by atoms with Gasteiger partial charge >= 0.3 is 6.01 Å². The van der Waals surface area contributed by atoms with Gasteiger partial charge in [0, 0.05) is 5.88 Å². The van der Waals surface area contributed by atoms with Crippen molar-refractivity contribution in [2.24, 2.45) is 0 Å². The lowest BCUT2D eigenvalue weighted by Gasteiger charge is -1.99. The highest BCUT2D eigenvalue weighted by molar-refractivity contribution is 6.17. The van der Waals surface area contributed by atoms with Crippen LogP contribution in [0.4, 0.5) is 0 Å². The fourth-order valence-corrected chi connectivity index (χ4v) is 1.35. The van der Waals surface area contributed by atoms with Crippen molar-refractivity contribution in [1.29, 1.82) is 0 Å². The Morgan fingerprint density at radius 2 is 2.06 bits per heavy atom. The largest absolute Gasteiger partial charge is 0.462 e. The second-order valence-electron chi connectivity index (χ2n) is 3.20. The van der Waals surface area contributed by atoms with Crippen LogP contribution >= 0.6 is 11.6 Å². The van der Waals surface area contributed by atoms with Crippen LogP contribution in [-0.4, -0.2) is 27.3 Å². The standard InChI is InChI=1S/C11H12ClN3O/c12-7-4-8-16-11-13-9-15(14-11)10-5-2-1-3-6-10/h1-3,5-6,9H,4,7-8H2. The SMILES string of the molecule is ClCCCOc1ncn(-c2ccccc2)n1. The van der Waals surface area contributed by atoms with Crippen LogP contribution in [0, 0.1) is 0 Å². The Bertz CT molecular complexity index is 430. The fraction of sp³-hybridized carbons (Fsp3) is 0.273.